The van der Waals surface area contributed by atoms with E-state index < -0.39 is 11.7 Å². The highest BCUT2D eigenvalue weighted by molar-refractivity contribution is 5.86. The Morgan fingerprint density at radius 2 is 1.48 bits per heavy atom. The third-order valence-corrected chi connectivity index (χ3v) is 3.83. The number of hydrogen-bond donors (Lipinski definition) is 0. The molecule has 21 heavy (non-hydrogen) atoms. The zero-order valence-electron chi connectivity index (χ0n) is 11.7. The second-order valence-corrected chi connectivity index (χ2v) is 5.19. The largest absolute Gasteiger partial charge is 0.416 e. The van der Waals surface area contributed by atoms with Crippen molar-refractivity contribution in [3.8, 4) is 11.1 Å². The summed E-state index contributed by atoms with van der Waals surface area (Å²) in [7, 11) is 1.98. The number of nitrogens with zero attached hydrogens (tertiary/aromatic N) is 1. The van der Waals surface area contributed by atoms with Gasteiger partial charge in [-0.15, -0.1) is 0 Å². The Morgan fingerprint density at radius 1 is 0.857 bits per heavy atom. The Morgan fingerprint density at radius 3 is 2.10 bits per heavy atom. The number of aromatic nitrogens is 1. The molecule has 0 atom stereocenters. The quantitative estimate of drug-likeness (QED) is 0.582. The zero-order valence-corrected chi connectivity index (χ0v) is 11.7. The van der Waals surface area contributed by atoms with Crippen molar-refractivity contribution in [3.05, 3.63) is 59.8 Å². The Hall–Kier alpha value is -2.23. The third-order valence-electron chi connectivity index (χ3n) is 3.83. The van der Waals surface area contributed by atoms with Gasteiger partial charge in [-0.05, 0) is 47.7 Å². The highest BCUT2D eigenvalue weighted by atomic mass is 19.4. The molecule has 0 aliphatic carbocycles. The van der Waals surface area contributed by atoms with E-state index in [1.807, 2.05) is 32.2 Å². The second-order valence-electron chi connectivity index (χ2n) is 5.19. The van der Waals surface area contributed by atoms with E-state index in [4.69, 9.17) is 0 Å². The normalized spacial score (nSPS) is 12.0. The summed E-state index contributed by atoms with van der Waals surface area (Å²) < 4.78 is 39.8. The van der Waals surface area contributed by atoms with Gasteiger partial charge in [0.25, 0.3) is 0 Å². The first-order valence-corrected chi connectivity index (χ1v) is 6.60. The Kier molecular flexibility index (Phi) is 3.04. The number of rotatable bonds is 1. The van der Waals surface area contributed by atoms with Gasteiger partial charge in [-0.1, -0.05) is 24.3 Å². The average molecular weight is 289 g/mol. The number of halogens is 3. The Labute approximate surface area is 120 Å². The fourth-order valence-electron chi connectivity index (χ4n) is 2.50. The van der Waals surface area contributed by atoms with Crippen LogP contribution in [0.2, 0.25) is 0 Å². The molecule has 0 N–H and O–H groups in total. The lowest BCUT2D eigenvalue weighted by Crippen LogP contribution is -2.03. The maximum atomic E-state index is 12.6. The van der Waals surface area contributed by atoms with Gasteiger partial charge in [-0.25, -0.2) is 0 Å². The zero-order chi connectivity index (χ0) is 15.2. The van der Waals surface area contributed by atoms with Gasteiger partial charge in [0.2, 0.25) is 0 Å². The maximum Gasteiger partial charge on any atom is 0.416 e. The summed E-state index contributed by atoms with van der Waals surface area (Å²) >= 11 is 0. The van der Waals surface area contributed by atoms with Crippen molar-refractivity contribution < 1.29 is 13.2 Å². The molecule has 0 bridgehead atoms. The van der Waals surface area contributed by atoms with Crippen LogP contribution in [-0.2, 0) is 13.2 Å². The van der Waals surface area contributed by atoms with Crippen LogP contribution in [0.1, 0.15) is 11.3 Å². The molecular formula is C17H14F3N. The smallest absolute Gasteiger partial charge is 0.348 e. The summed E-state index contributed by atoms with van der Waals surface area (Å²) in [5, 5.41) is 1.13. The molecule has 1 aromatic heterocycles. The summed E-state index contributed by atoms with van der Waals surface area (Å²) in [6.45, 7) is 2.03. The summed E-state index contributed by atoms with van der Waals surface area (Å²) in [5.74, 6) is 0. The molecule has 0 unspecified atom stereocenters. The third kappa shape index (κ3) is 2.42. The highest BCUT2D eigenvalue weighted by Gasteiger charge is 2.29. The molecule has 0 fully saturated rings. The molecule has 3 aromatic rings. The Bertz CT molecular complexity index is 795. The number of benzene rings is 2. The molecule has 2 aromatic carbocycles. The monoisotopic (exact) mass is 289 g/mol. The van der Waals surface area contributed by atoms with Gasteiger partial charge in [0.1, 0.15) is 0 Å². The molecule has 0 aliphatic rings. The van der Waals surface area contributed by atoms with E-state index in [1.165, 1.54) is 12.1 Å². The predicted octanol–water partition coefficient (Wildman–Crippen LogP) is 5.17. The molecule has 4 heteroatoms. The fraction of sp³-hybridized carbons (Fsp3) is 0.176. The van der Waals surface area contributed by atoms with Gasteiger partial charge in [-0.2, -0.15) is 13.2 Å². The van der Waals surface area contributed by atoms with Crippen LogP contribution in [0.25, 0.3) is 22.0 Å². The van der Waals surface area contributed by atoms with E-state index >= 15 is 0 Å². The van der Waals surface area contributed by atoms with Gasteiger partial charge in [0, 0.05) is 18.3 Å². The van der Waals surface area contributed by atoms with Gasteiger partial charge in [0.05, 0.1) is 5.56 Å². The first kappa shape index (κ1) is 13.7. The van der Waals surface area contributed by atoms with Crippen LogP contribution in [-0.4, -0.2) is 4.57 Å². The van der Waals surface area contributed by atoms with E-state index in [-0.39, 0.29) is 0 Å². The van der Waals surface area contributed by atoms with Crippen molar-refractivity contribution in [1.82, 2.24) is 4.57 Å². The van der Waals surface area contributed by atoms with E-state index in [0.29, 0.717) is 0 Å². The van der Waals surface area contributed by atoms with E-state index in [2.05, 4.69) is 10.6 Å². The van der Waals surface area contributed by atoms with Crippen molar-refractivity contribution in [2.24, 2.45) is 7.05 Å². The number of fused-ring (bicyclic) bond motifs is 1. The van der Waals surface area contributed by atoms with E-state index in [0.717, 1.165) is 39.9 Å². The number of hydrogen-bond acceptors (Lipinski definition) is 0. The summed E-state index contributed by atoms with van der Waals surface area (Å²) in [4.78, 5) is 0. The lowest BCUT2D eigenvalue weighted by molar-refractivity contribution is -0.137. The maximum absolute atomic E-state index is 12.6. The van der Waals surface area contributed by atoms with Gasteiger partial charge in [0.15, 0.2) is 0 Å². The van der Waals surface area contributed by atoms with Crippen LogP contribution in [0.3, 0.4) is 0 Å². The van der Waals surface area contributed by atoms with Crippen LogP contribution in [0.5, 0.6) is 0 Å². The minimum Gasteiger partial charge on any atom is -0.348 e. The SMILES string of the molecule is Cc1cc2ccc(-c3ccc(C(F)(F)F)cc3)cc2n1C. The van der Waals surface area contributed by atoms with E-state index in [9.17, 15) is 13.2 Å². The molecule has 0 amide bonds. The van der Waals surface area contributed by atoms with Crippen molar-refractivity contribution in [2.45, 2.75) is 13.1 Å². The second kappa shape index (κ2) is 4.65. The average Bonchev–Trinajstić information content (AvgIpc) is 2.73. The summed E-state index contributed by atoms with van der Waals surface area (Å²) in [6, 6.07) is 13.3. The first-order chi connectivity index (χ1) is 9.86. The number of alkyl halides is 3. The van der Waals surface area contributed by atoms with Crippen molar-refractivity contribution in [3.63, 3.8) is 0 Å². The van der Waals surface area contributed by atoms with Crippen LogP contribution in [0, 0.1) is 6.92 Å². The van der Waals surface area contributed by atoms with Crippen LogP contribution in [0.4, 0.5) is 13.2 Å². The molecule has 0 radical (unpaired) electrons. The van der Waals surface area contributed by atoms with Crippen molar-refractivity contribution >= 4 is 10.9 Å². The molecule has 0 saturated heterocycles. The Balaban J connectivity index is 2.06. The molecule has 1 heterocycles. The highest BCUT2D eigenvalue weighted by Crippen LogP contribution is 2.32. The fourth-order valence-corrected chi connectivity index (χ4v) is 2.50. The van der Waals surface area contributed by atoms with Gasteiger partial charge < -0.3 is 4.57 Å². The van der Waals surface area contributed by atoms with Crippen molar-refractivity contribution in [2.75, 3.05) is 0 Å². The lowest BCUT2D eigenvalue weighted by Gasteiger charge is -2.08. The molecule has 3 rings (SSSR count). The standard InChI is InChI=1S/C17H14F3N/c1-11-9-14-4-3-13(10-16(14)21(11)2)12-5-7-15(8-6-12)17(18,19)20/h3-10H,1-2H3. The molecule has 0 aliphatic heterocycles. The molecule has 108 valence electrons. The first-order valence-electron chi connectivity index (χ1n) is 6.60. The predicted molar refractivity (Wildman–Crippen MR) is 78.1 cm³/mol. The molecule has 0 saturated carbocycles. The summed E-state index contributed by atoms with van der Waals surface area (Å²) in [5.41, 5.74) is 3.29. The van der Waals surface area contributed by atoms with Crippen LogP contribution < -0.4 is 0 Å². The van der Waals surface area contributed by atoms with Crippen LogP contribution >= 0.6 is 0 Å². The summed E-state index contributed by atoms with van der Waals surface area (Å²) in [6.07, 6.45) is -4.29. The van der Waals surface area contributed by atoms with Crippen molar-refractivity contribution in [1.29, 1.82) is 0 Å². The minimum atomic E-state index is -4.29. The molecular weight excluding hydrogens is 275 g/mol. The van der Waals surface area contributed by atoms with E-state index in [1.54, 1.807) is 0 Å². The van der Waals surface area contributed by atoms with Gasteiger partial charge in [-0.3, -0.25) is 0 Å². The molecule has 0 spiro atoms. The van der Waals surface area contributed by atoms with Gasteiger partial charge >= 0.3 is 6.18 Å². The lowest BCUT2D eigenvalue weighted by atomic mass is 10.0. The minimum absolute atomic E-state index is 0.623. The topological polar surface area (TPSA) is 4.93 Å². The molecule has 1 nitrogen and oxygen atoms in total. The number of aryl methyl sites for hydroxylation is 2. The van der Waals surface area contributed by atoms with Crippen LogP contribution in [0.15, 0.2) is 48.5 Å².